The molecule has 0 aliphatic heterocycles. The fourth-order valence-corrected chi connectivity index (χ4v) is 2.26. The zero-order chi connectivity index (χ0) is 13.1. The van der Waals surface area contributed by atoms with Crippen molar-refractivity contribution >= 4 is 5.57 Å². The lowest BCUT2D eigenvalue weighted by molar-refractivity contribution is 0.627. The van der Waals surface area contributed by atoms with Gasteiger partial charge in [-0.25, -0.2) is 4.39 Å². The summed E-state index contributed by atoms with van der Waals surface area (Å²) in [5, 5.41) is 0. The average Bonchev–Trinajstić information content (AvgIpc) is 2.96. The van der Waals surface area contributed by atoms with E-state index >= 15 is 0 Å². The highest BCUT2D eigenvalue weighted by molar-refractivity contribution is 5.85. The van der Waals surface area contributed by atoms with Crippen LogP contribution < -0.4 is 0 Å². The summed E-state index contributed by atoms with van der Waals surface area (Å²) in [5.41, 5.74) is 4.45. The second kappa shape index (κ2) is 5.07. The third-order valence-corrected chi connectivity index (χ3v) is 3.15. The van der Waals surface area contributed by atoms with Crippen molar-refractivity contribution in [3.05, 3.63) is 101 Å². The molecule has 0 atom stereocenters. The van der Waals surface area contributed by atoms with Gasteiger partial charge in [0.1, 0.15) is 5.82 Å². The van der Waals surface area contributed by atoms with E-state index in [1.807, 2.05) is 42.5 Å². The maximum atomic E-state index is 13.1. The number of benzene rings is 2. The molecule has 0 radical (unpaired) electrons. The Morgan fingerprint density at radius 1 is 0.684 bits per heavy atom. The largest absolute Gasteiger partial charge is 0.207 e. The van der Waals surface area contributed by atoms with E-state index in [2.05, 4.69) is 24.3 Å². The minimum atomic E-state index is -0.210. The summed E-state index contributed by atoms with van der Waals surface area (Å²) < 4.78 is 13.1. The number of allylic oxidation sites excluding steroid dienone is 5. The Kier molecular flexibility index (Phi) is 3.11. The van der Waals surface area contributed by atoms with Crippen LogP contribution in [-0.2, 0) is 0 Å². The summed E-state index contributed by atoms with van der Waals surface area (Å²) in [5.74, 6) is -0.210. The average molecular weight is 248 g/mol. The summed E-state index contributed by atoms with van der Waals surface area (Å²) in [7, 11) is 0. The van der Waals surface area contributed by atoms with Gasteiger partial charge in [-0.15, -0.1) is 0 Å². The molecule has 2 aromatic rings. The maximum absolute atomic E-state index is 13.1. The van der Waals surface area contributed by atoms with Gasteiger partial charge in [0.2, 0.25) is 0 Å². The molecule has 1 aliphatic carbocycles. The van der Waals surface area contributed by atoms with Crippen LogP contribution in [0.2, 0.25) is 0 Å². The first-order valence-electron chi connectivity index (χ1n) is 6.25. The topological polar surface area (TPSA) is 0 Å². The Morgan fingerprint density at radius 3 is 1.89 bits per heavy atom. The summed E-state index contributed by atoms with van der Waals surface area (Å²) >= 11 is 0. The summed E-state index contributed by atoms with van der Waals surface area (Å²) in [6.07, 6.45) is 8.18. The number of hydrogen-bond acceptors (Lipinski definition) is 0. The first kappa shape index (κ1) is 11.7. The third-order valence-electron chi connectivity index (χ3n) is 3.15. The molecule has 0 aromatic heterocycles. The van der Waals surface area contributed by atoms with Crippen LogP contribution in [-0.4, -0.2) is 0 Å². The molecule has 0 spiro atoms. The molecule has 0 heterocycles. The molecule has 0 amide bonds. The Labute approximate surface area is 112 Å². The first-order valence-corrected chi connectivity index (χ1v) is 6.25. The van der Waals surface area contributed by atoms with Gasteiger partial charge in [-0.05, 0) is 34.4 Å². The summed E-state index contributed by atoms with van der Waals surface area (Å²) in [4.78, 5) is 0. The Morgan fingerprint density at radius 2 is 1.26 bits per heavy atom. The van der Waals surface area contributed by atoms with Gasteiger partial charge in [-0.1, -0.05) is 66.8 Å². The van der Waals surface area contributed by atoms with Crippen LogP contribution in [0.15, 0.2) is 84.5 Å². The van der Waals surface area contributed by atoms with Crippen molar-refractivity contribution in [2.24, 2.45) is 0 Å². The van der Waals surface area contributed by atoms with Crippen molar-refractivity contribution in [3.63, 3.8) is 0 Å². The molecular weight excluding hydrogens is 235 g/mol. The highest BCUT2D eigenvalue weighted by Gasteiger charge is 2.10. The van der Waals surface area contributed by atoms with Crippen LogP contribution in [0, 0.1) is 5.82 Å². The van der Waals surface area contributed by atoms with Crippen LogP contribution in [0.4, 0.5) is 4.39 Å². The van der Waals surface area contributed by atoms with Crippen molar-refractivity contribution in [1.29, 1.82) is 0 Å². The van der Waals surface area contributed by atoms with E-state index in [0.717, 1.165) is 22.3 Å². The van der Waals surface area contributed by atoms with E-state index in [-0.39, 0.29) is 5.82 Å². The highest BCUT2D eigenvalue weighted by atomic mass is 19.1. The Bertz CT molecular complexity index is 645. The number of hydrogen-bond donors (Lipinski definition) is 0. The van der Waals surface area contributed by atoms with Crippen molar-refractivity contribution < 1.29 is 4.39 Å². The van der Waals surface area contributed by atoms with E-state index < -0.39 is 0 Å². The molecule has 19 heavy (non-hydrogen) atoms. The Balaban J connectivity index is 2.18. The second-order valence-corrected chi connectivity index (χ2v) is 4.42. The molecule has 0 fully saturated rings. The standard InChI is InChI=1S/C18H13F/c19-17-12-10-16(11-13-17)18(15-8-4-5-9-15)14-6-2-1-3-7-14/h1-13H. The number of halogens is 1. The molecule has 0 N–H and O–H groups in total. The lowest BCUT2D eigenvalue weighted by atomic mass is 9.93. The van der Waals surface area contributed by atoms with Crippen molar-refractivity contribution in [2.45, 2.75) is 0 Å². The normalized spacial score (nSPS) is 13.0. The minimum Gasteiger partial charge on any atom is -0.207 e. The van der Waals surface area contributed by atoms with Gasteiger partial charge in [0, 0.05) is 0 Å². The first-order chi connectivity index (χ1) is 9.34. The SMILES string of the molecule is Fc1ccc(C(=C2C=CC=C2)c2ccccc2)cc1. The van der Waals surface area contributed by atoms with Crippen molar-refractivity contribution in [1.82, 2.24) is 0 Å². The monoisotopic (exact) mass is 248 g/mol. The molecule has 0 saturated heterocycles. The molecule has 0 saturated carbocycles. The molecule has 1 heteroatoms. The van der Waals surface area contributed by atoms with Crippen LogP contribution in [0.5, 0.6) is 0 Å². The molecule has 1 aliphatic rings. The Hall–Kier alpha value is -2.41. The third kappa shape index (κ3) is 2.41. The van der Waals surface area contributed by atoms with Crippen LogP contribution in [0.25, 0.3) is 5.57 Å². The fourth-order valence-electron chi connectivity index (χ4n) is 2.26. The molecule has 0 bridgehead atoms. The zero-order valence-corrected chi connectivity index (χ0v) is 10.4. The molecule has 92 valence electrons. The van der Waals surface area contributed by atoms with Crippen molar-refractivity contribution in [2.75, 3.05) is 0 Å². The lowest BCUT2D eigenvalue weighted by Crippen LogP contribution is -1.91. The fraction of sp³-hybridized carbons (Fsp3) is 0. The lowest BCUT2D eigenvalue weighted by Gasteiger charge is -2.11. The van der Waals surface area contributed by atoms with E-state index in [0.29, 0.717) is 0 Å². The molecule has 0 nitrogen and oxygen atoms in total. The van der Waals surface area contributed by atoms with E-state index in [1.165, 1.54) is 12.1 Å². The molecule has 0 unspecified atom stereocenters. The molecule has 3 rings (SSSR count). The zero-order valence-electron chi connectivity index (χ0n) is 10.4. The van der Waals surface area contributed by atoms with Gasteiger partial charge in [0.05, 0.1) is 0 Å². The summed E-state index contributed by atoms with van der Waals surface area (Å²) in [6.45, 7) is 0. The van der Waals surface area contributed by atoms with Gasteiger partial charge in [-0.2, -0.15) is 0 Å². The molecular formula is C18H13F. The maximum Gasteiger partial charge on any atom is 0.123 e. The molecule has 2 aromatic carbocycles. The van der Waals surface area contributed by atoms with Gasteiger partial charge in [0.25, 0.3) is 0 Å². The van der Waals surface area contributed by atoms with Gasteiger partial charge < -0.3 is 0 Å². The predicted molar refractivity (Wildman–Crippen MR) is 77.1 cm³/mol. The van der Waals surface area contributed by atoms with Gasteiger partial charge >= 0.3 is 0 Å². The highest BCUT2D eigenvalue weighted by Crippen LogP contribution is 2.29. The smallest absolute Gasteiger partial charge is 0.123 e. The predicted octanol–water partition coefficient (Wildman–Crippen LogP) is 4.75. The van der Waals surface area contributed by atoms with E-state index in [9.17, 15) is 4.39 Å². The minimum absolute atomic E-state index is 0.210. The number of rotatable bonds is 2. The second-order valence-electron chi connectivity index (χ2n) is 4.42. The van der Waals surface area contributed by atoms with Crippen LogP contribution >= 0.6 is 0 Å². The van der Waals surface area contributed by atoms with E-state index in [4.69, 9.17) is 0 Å². The van der Waals surface area contributed by atoms with Crippen LogP contribution in [0.3, 0.4) is 0 Å². The quantitative estimate of drug-likeness (QED) is 0.719. The van der Waals surface area contributed by atoms with Gasteiger partial charge in [0.15, 0.2) is 0 Å². The van der Waals surface area contributed by atoms with E-state index in [1.54, 1.807) is 0 Å². The summed E-state index contributed by atoms with van der Waals surface area (Å²) in [6, 6.07) is 16.8. The van der Waals surface area contributed by atoms with Crippen LogP contribution in [0.1, 0.15) is 11.1 Å². The van der Waals surface area contributed by atoms with Gasteiger partial charge in [-0.3, -0.25) is 0 Å². The van der Waals surface area contributed by atoms with Crippen molar-refractivity contribution in [3.8, 4) is 0 Å².